The van der Waals surface area contributed by atoms with Crippen LogP contribution in [0.2, 0.25) is 24.7 Å². The van der Waals surface area contributed by atoms with Crippen LogP contribution in [0.1, 0.15) is 48.0 Å². The van der Waals surface area contributed by atoms with Gasteiger partial charge in [-0.05, 0) is 42.6 Å². The van der Waals surface area contributed by atoms with E-state index in [0.717, 1.165) is 0 Å². The van der Waals surface area contributed by atoms with Crippen molar-refractivity contribution in [2.75, 3.05) is 13.2 Å². The summed E-state index contributed by atoms with van der Waals surface area (Å²) in [6, 6.07) is 21.0. The molecule has 0 radical (unpaired) electrons. The van der Waals surface area contributed by atoms with Crippen molar-refractivity contribution >= 4 is 37.8 Å². The van der Waals surface area contributed by atoms with Crippen LogP contribution in [0.25, 0.3) is 0 Å². The second kappa shape index (κ2) is 12.7. The van der Waals surface area contributed by atoms with Gasteiger partial charge in [0.2, 0.25) is 0 Å². The Morgan fingerprint density at radius 1 is 0.919 bits per heavy atom. The van der Waals surface area contributed by atoms with E-state index in [1.807, 2.05) is 25.1 Å². The minimum absolute atomic E-state index is 0.109. The molecule has 3 nitrogen and oxygen atoms in total. The average molecular weight is 552 g/mol. The van der Waals surface area contributed by atoms with Gasteiger partial charge in [-0.1, -0.05) is 113 Å². The Balaban J connectivity index is 2.53. The molecular weight excluding hydrogens is 507 g/mol. The summed E-state index contributed by atoms with van der Waals surface area (Å²) in [7, 11) is -5.61. The first-order valence-corrected chi connectivity index (χ1v) is 19.5. The van der Waals surface area contributed by atoms with E-state index < -0.39 is 32.1 Å². The molecule has 0 aliphatic heterocycles. The van der Waals surface area contributed by atoms with Crippen molar-refractivity contribution in [3.63, 3.8) is 0 Å². The molecule has 0 heterocycles. The van der Waals surface area contributed by atoms with E-state index in [9.17, 15) is 4.21 Å². The molecule has 0 fully saturated rings. The fourth-order valence-electron chi connectivity index (χ4n) is 4.40. The van der Waals surface area contributed by atoms with E-state index in [4.69, 9.17) is 10.8 Å². The van der Waals surface area contributed by atoms with Crippen molar-refractivity contribution in [2.24, 2.45) is 0 Å². The first-order chi connectivity index (χ1) is 17.1. The Morgan fingerprint density at radius 2 is 1.41 bits per heavy atom. The third-order valence-electron chi connectivity index (χ3n) is 6.07. The van der Waals surface area contributed by atoms with Crippen LogP contribution in [0.3, 0.4) is 0 Å². The van der Waals surface area contributed by atoms with Crippen molar-refractivity contribution in [3.8, 4) is 23.8 Å². The molecule has 0 aromatic heterocycles. The zero-order valence-corrected chi connectivity index (χ0v) is 27.0. The molecule has 0 aliphatic carbocycles. The molecule has 0 N–H and O–H groups in total. The van der Waals surface area contributed by atoms with Crippen LogP contribution in [0.15, 0.2) is 60.7 Å². The van der Waals surface area contributed by atoms with Gasteiger partial charge in [0.15, 0.2) is 0 Å². The van der Waals surface area contributed by atoms with E-state index >= 15 is 0 Å². The summed E-state index contributed by atoms with van der Waals surface area (Å²) in [5.41, 5.74) is 3.51. The van der Waals surface area contributed by atoms with Crippen LogP contribution >= 0.6 is 0 Å². The summed E-state index contributed by atoms with van der Waals surface area (Å²) in [6.07, 6.45) is 6.38. The summed E-state index contributed by atoms with van der Waals surface area (Å²) < 4.78 is 22.1. The van der Waals surface area contributed by atoms with Crippen molar-refractivity contribution in [1.82, 2.24) is 4.31 Å². The third-order valence-corrected chi connectivity index (χ3v) is 13.9. The second-order valence-electron chi connectivity index (χ2n) is 12.5. The Bertz CT molecular complexity index is 1090. The zero-order chi connectivity index (χ0) is 27.9. The maximum absolute atomic E-state index is 13.5. The standard InChI is InChI=1S/C31H45NO2SSi2/c1-11-24-32(35(33)30(2,3)4)27(23-26-36(8,9)10)22-25-34-37(31(5,6)7,28-18-14-12-15-19-28)29-20-16-13-17-21-29/h1,12-21,27H,22,24-25H2,2-10H3/t27-,35-/m1/s1. The Morgan fingerprint density at radius 3 is 1.78 bits per heavy atom. The molecule has 0 saturated carbocycles. The van der Waals surface area contributed by atoms with Gasteiger partial charge in [0.1, 0.15) is 19.1 Å². The van der Waals surface area contributed by atoms with E-state index in [1.54, 1.807) is 0 Å². The summed E-state index contributed by atoms with van der Waals surface area (Å²) >= 11 is 0. The van der Waals surface area contributed by atoms with Crippen LogP contribution in [-0.4, -0.2) is 48.8 Å². The maximum Gasteiger partial charge on any atom is 0.261 e. The highest BCUT2D eigenvalue weighted by Crippen LogP contribution is 2.37. The van der Waals surface area contributed by atoms with Gasteiger partial charge in [-0.25, -0.2) is 4.21 Å². The highest BCUT2D eigenvalue weighted by molar-refractivity contribution is 7.84. The smallest absolute Gasteiger partial charge is 0.261 e. The van der Waals surface area contributed by atoms with Gasteiger partial charge in [-0.3, -0.25) is 0 Å². The van der Waals surface area contributed by atoms with Gasteiger partial charge in [0, 0.05) is 6.61 Å². The molecule has 2 aromatic rings. The highest BCUT2D eigenvalue weighted by atomic mass is 32.2. The van der Waals surface area contributed by atoms with E-state index in [0.29, 0.717) is 13.0 Å². The van der Waals surface area contributed by atoms with Crippen molar-refractivity contribution in [1.29, 1.82) is 0 Å². The van der Waals surface area contributed by atoms with Crippen LogP contribution in [0.5, 0.6) is 0 Å². The Labute approximate surface area is 231 Å². The number of benzene rings is 2. The maximum atomic E-state index is 13.5. The van der Waals surface area contributed by atoms with Gasteiger partial charge < -0.3 is 4.43 Å². The SMILES string of the molecule is C#CCN([C@@H](C#C[Si](C)(C)C)CCO[Si](c1ccccc1)(c1ccccc1)C(C)(C)C)[S@](=O)C(C)(C)C. The number of nitrogens with zero attached hydrogens (tertiary/aromatic N) is 1. The molecule has 37 heavy (non-hydrogen) atoms. The van der Waals surface area contributed by atoms with Crippen LogP contribution in [-0.2, 0) is 15.4 Å². The fourth-order valence-corrected chi connectivity index (χ4v) is 10.9. The lowest BCUT2D eigenvalue weighted by molar-refractivity contribution is 0.262. The van der Waals surface area contributed by atoms with Crippen LogP contribution in [0, 0.1) is 23.8 Å². The Hall–Kier alpha value is -1.94. The normalized spacial score (nSPS) is 14.4. The largest absolute Gasteiger partial charge is 0.407 e. The summed E-state index contributed by atoms with van der Waals surface area (Å²) in [5, 5.41) is 2.39. The molecule has 0 spiro atoms. The lowest BCUT2D eigenvalue weighted by Crippen LogP contribution is -2.66. The summed E-state index contributed by atoms with van der Waals surface area (Å²) in [4.78, 5) is 0. The molecule has 2 aromatic carbocycles. The van der Waals surface area contributed by atoms with Crippen LogP contribution < -0.4 is 10.4 Å². The van der Waals surface area contributed by atoms with Crippen molar-refractivity contribution in [2.45, 2.75) is 83.4 Å². The molecule has 0 bridgehead atoms. The number of terminal acetylenes is 1. The van der Waals surface area contributed by atoms with E-state index in [-0.39, 0.29) is 17.6 Å². The number of rotatable bonds is 9. The van der Waals surface area contributed by atoms with Crippen LogP contribution in [0.4, 0.5) is 0 Å². The van der Waals surface area contributed by atoms with E-state index in [2.05, 4.69) is 118 Å². The summed E-state index contributed by atoms with van der Waals surface area (Å²) in [5.74, 6) is 6.21. The molecule has 6 heteroatoms. The molecule has 0 aliphatic rings. The van der Waals surface area contributed by atoms with Gasteiger partial charge >= 0.3 is 0 Å². The Kier molecular flexibility index (Phi) is 10.8. The lowest BCUT2D eigenvalue weighted by Gasteiger charge is -2.43. The molecule has 200 valence electrons. The van der Waals surface area contributed by atoms with Gasteiger partial charge in [-0.15, -0.1) is 12.0 Å². The molecule has 0 amide bonds. The first-order valence-electron chi connectivity index (χ1n) is 13.0. The molecule has 2 atom stereocenters. The predicted molar refractivity (Wildman–Crippen MR) is 167 cm³/mol. The van der Waals surface area contributed by atoms with Crippen molar-refractivity contribution in [3.05, 3.63) is 60.7 Å². The monoisotopic (exact) mass is 551 g/mol. The number of hydrogen-bond acceptors (Lipinski definition) is 2. The quantitative estimate of drug-likeness (QED) is 0.300. The number of hydrogen-bond donors (Lipinski definition) is 0. The predicted octanol–water partition coefficient (Wildman–Crippen LogP) is 5.60. The molecule has 0 saturated heterocycles. The van der Waals surface area contributed by atoms with E-state index in [1.165, 1.54) is 10.4 Å². The molecule has 0 unspecified atom stereocenters. The molecular formula is C31H45NO2SSi2. The van der Waals surface area contributed by atoms with Gasteiger partial charge in [-0.2, -0.15) is 4.31 Å². The second-order valence-corrected chi connectivity index (χ2v) is 23.7. The highest BCUT2D eigenvalue weighted by Gasteiger charge is 2.50. The minimum atomic E-state index is -2.67. The zero-order valence-electron chi connectivity index (χ0n) is 24.2. The van der Waals surface area contributed by atoms with Gasteiger partial charge in [0.25, 0.3) is 8.32 Å². The summed E-state index contributed by atoms with van der Waals surface area (Å²) in [6.45, 7) is 20.2. The van der Waals surface area contributed by atoms with Gasteiger partial charge in [0.05, 0.1) is 17.3 Å². The van der Waals surface area contributed by atoms with Crippen molar-refractivity contribution < 1.29 is 8.63 Å². The minimum Gasteiger partial charge on any atom is -0.407 e. The fraction of sp³-hybridized carbons (Fsp3) is 0.484. The third kappa shape index (κ3) is 8.27. The molecule has 2 rings (SSSR count). The lowest BCUT2D eigenvalue weighted by atomic mass is 10.2. The average Bonchev–Trinajstić information content (AvgIpc) is 2.81. The first kappa shape index (κ1) is 31.3. The topological polar surface area (TPSA) is 29.5 Å².